The number of aromatic nitrogens is 3. The van der Waals surface area contributed by atoms with Gasteiger partial charge in [-0.3, -0.25) is 0 Å². The fourth-order valence-corrected chi connectivity index (χ4v) is 4.02. The average Bonchev–Trinajstić information content (AvgIpc) is 2.78. The molecule has 17 heavy (non-hydrogen) atoms. The van der Waals surface area contributed by atoms with E-state index in [-0.39, 0.29) is 0 Å². The van der Waals surface area contributed by atoms with Crippen LogP contribution in [0, 0.1) is 6.92 Å². The molecule has 2 rings (SSSR count). The van der Waals surface area contributed by atoms with Gasteiger partial charge in [0, 0.05) is 0 Å². The molecule has 8 heteroatoms. The van der Waals surface area contributed by atoms with E-state index in [0.29, 0.717) is 5.69 Å². The lowest BCUT2D eigenvalue weighted by molar-refractivity contribution is 0.952. The molecule has 0 bridgehead atoms. The lowest BCUT2D eigenvalue weighted by Gasteiger charge is -2.05. The highest BCUT2D eigenvalue weighted by Crippen LogP contribution is 2.37. The molecule has 0 aliphatic rings. The predicted molar refractivity (Wildman–Crippen MR) is 76.9 cm³/mol. The van der Waals surface area contributed by atoms with Crippen LogP contribution < -0.4 is 5.73 Å². The third-order valence-electron chi connectivity index (χ3n) is 2.02. The summed E-state index contributed by atoms with van der Waals surface area (Å²) in [6, 6.07) is 0. The standard InChI is InChI=1S/C9H9BrN4S3/c1-4-5(11)3-12-7(6(4)10)16-9-14-13-8(15-2)17-9/h3H,11H2,1-2H3. The second-order valence-corrected chi connectivity index (χ2v) is 7.16. The highest BCUT2D eigenvalue weighted by atomic mass is 79.9. The Kier molecular flexibility index (Phi) is 4.29. The van der Waals surface area contributed by atoms with Gasteiger partial charge in [0.1, 0.15) is 5.03 Å². The van der Waals surface area contributed by atoms with Crippen LogP contribution in [0.25, 0.3) is 0 Å². The molecule has 0 unspecified atom stereocenters. The Hall–Kier alpha value is -0.310. The molecule has 0 atom stereocenters. The lowest BCUT2D eigenvalue weighted by atomic mass is 10.3. The Morgan fingerprint density at radius 1 is 1.35 bits per heavy atom. The first-order chi connectivity index (χ1) is 8.11. The maximum atomic E-state index is 5.78. The van der Waals surface area contributed by atoms with Crippen molar-refractivity contribution in [3.8, 4) is 0 Å². The summed E-state index contributed by atoms with van der Waals surface area (Å²) in [5.41, 5.74) is 7.46. The van der Waals surface area contributed by atoms with Crippen LogP contribution in [0.2, 0.25) is 0 Å². The van der Waals surface area contributed by atoms with Crippen LogP contribution in [-0.4, -0.2) is 21.4 Å². The number of nitrogens with zero attached hydrogens (tertiary/aromatic N) is 3. The van der Waals surface area contributed by atoms with Crippen LogP contribution in [0.3, 0.4) is 0 Å². The molecule has 2 heterocycles. The molecule has 90 valence electrons. The molecule has 0 amide bonds. The van der Waals surface area contributed by atoms with E-state index in [0.717, 1.165) is 23.7 Å². The summed E-state index contributed by atoms with van der Waals surface area (Å²) < 4.78 is 2.76. The minimum Gasteiger partial charge on any atom is -0.397 e. The Balaban J connectivity index is 2.27. The van der Waals surface area contributed by atoms with Crippen molar-refractivity contribution in [1.29, 1.82) is 0 Å². The molecule has 0 aliphatic carbocycles. The Morgan fingerprint density at radius 2 is 2.06 bits per heavy atom. The largest absolute Gasteiger partial charge is 0.397 e. The third-order valence-corrected chi connectivity index (χ3v) is 6.20. The number of rotatable bonds is 3. The second-order valence-electron chi connectivity index (χ2n) is 3.10. The van der Waals surface area contributed by atoms with Crippen molar-refractivity contribution in [1.82, 2.24) is 15.2 Å². The van der Waals surface area contributed by atoms with Gasteiger partial charge in [0.2, 0.25) is 0 Å². The number of nitrogens with two attached hydrogens (primary N) is 1. The summed E-state index contributed by atoms with van der Waals surface area (Å²) >= 11 is 8.14. The number of halogens is 1. The SMILES string of the molecule is CSc1nnc(Sc2ncc(N)c(C)c2Br)s1. The Morgan fingerprint density at radius 3 is 2.71 bits per heavy atom. The molecular formula is C9H9BrN4S3. The quantitative estimate of drug-likeness (QED) is 0.856. The first-order valence-corrected chi connectivity index (χ1v) is 8.22. The van der Waals surface area contributed by atoms with Gasteiger partial charge in [0.15, 0.2) is 8.68 Å². The fourth-order valence-electron chi connectivity index (χ4n) is 1.04. The van der Waals surface area contributed by atoms with Crippen molar-refractivity contribution in [2.45, 2.75) is 20.6 Å². The molecule has 2 aromatic heterocycles. The van der Waals surface area contributed by atoms with Gasteiger partial charge < -0.3 is 5.73 Å². The van der Waals surface area contributed by atoms with Gasteiger partial charge in [0.05, 0.1) is 16.4 Å². The van der Waals surface area contributed by atoms with E-state index < -0.39 is 0 Å². The normalized spacial score (nSPS) is 10.8. The summed E-state index contributed by atoms with van der Waals surface area (Å²) in [6.45, 7) is 1.96. The Bertz CT molecular complexity index is 543. The summed E-state index contributed by atoms with van der Waals surface area (Å²) in [6.07, 6.45) is 3.65. The fraction of sp³-hybridized carbons (Fsp3) is 0.222. The van der Waals surface area contributed by atoms with Crippen LogP contribution in [0.1, 0.15) is 5.56 Å². The Labute approximate surface area is 120 Å². The molecule has 4 nitrogen and oxygen atoms in total. The monoisotopic (exact) mass is 348 g/mol. The van der Waals surface area contributed by atoms with E-state index in [1.807, 2.05) is 13.2 Å². The average molecular weight is 349 g/mol. The molecular weight excluding hydrogens is 340 g/mol. The molecule has 0 saturated carbocycles. The lowest BCUT2D eigenvalue weighted by Crippen LogP contribution is -1.94. The molecule has 0 fully saturated rings. The summed E-state index contributed by atoms with van der Waals surface area (Å²) in [4.78, 5) is 4.29. The van der Waals surface area contributed by atoms with Crippen molar-refractivity contribution in [2.75, 3.05) is 12.0 Å². The van der Waals surface area contributed by atoms with E-state index >= 15 is 0 Å². The third kappa shape index (κ3) is 2.93. The summed E-state index contributed by atoms with van der Waals surface area (Å²) in [5.74, 6) is 0. The molecule has 0 saturated heterocycles. The van der Waals surface area contributed by atoms with Gasteiger partial charge in [-0.1, -0.05) is 23.1 Å². The number of anilines is 1. The van der Waals surface area contributed by atoms with Gasteiger partial charge in [-0.15, -0.1) is 10.2 Å². The van der Waals surface area contributed by atoms with Crippen LogP contribution in [0.15, 0.2) is 24.4 Å². The second kappa shape index (κ2) is 5.55. The van der Waals surface area contributed by atoms with Crippen LogP contribution in [0.5, 0.6) is 0 Å². The number of hydrogen-bond donors (Lipinski definition) is 1. The predicted octanol–water partition coefficient (Wildman–Crippen LogP) is 3.46. The summed E-state index contributed by atoms with van der Waals surface area (Å²) in [7, 11) is 0. The van der Waals surface area contributed by atoms with Crippen LogP contribution >= 0.6 is 50.8 Å². The van der Waals surface area contributed by atoms with Crippen LogP contribution in [-0.2, 0) is 0 Å². The number of hydrogen-bond acceptors (Lipinski definition) is 7. The zero-order chi connectivity index (χ0) is 12.4. The summed E-state index contributed by atoms with van der Waals surface area (Å²) in [5, 5.41) is 9.00. The van der Waals surface area contributed by atoms with Crippen molar-refractivity contribution in [2.24, 2.45) is 0 Å². The molecule has 0 aromatic carbocycles. The van der Waals surface area contributed by atoms with Gasteiger partial charge in [-0.25, -0.2) is 4.98 Å². The highest BCUT2D eigenvalue weighted by Gasteiger charge is 2.12. The number of nitrogen functional groups attached to an aromatic ring is 1. The van der Waals surface area contributed by atoms with Gasteiger partial charge in [-0.2, -0.15) is 0 Å². The maximum Gasteiger partial charge on any atom is 0.181 e. The highest BCUT2D eigenvalue weighted by molar-refractivity contribution is 9.10. The zero-order valence-electron chi connectivity index (χ0n) is 9.10. The van der Waals surface area contributed by atoms with Crippen molar-refractivity contribution in [3.63, 3.8) is 0 Å². The van der Waals surface area contributed by atoms with Gasteiger partial charge in [-0.05, 0) is 46.4 Å². The van der Waals surface area contributed by atoms with Crippen molar-refractivity contribution in [3.05, 3.63) is 16.2 Å². The van der Waals surface area contributed by atoms with E-state index in [1.54, 1.807) is 29.3 Å². The molecule has 0 spiro atoms. The van der Waals surface area contributed by atoms with E-state index in [2.05, 4.69) is 31.1 Å². The minimum absolute atomic E-state index is 0.684. The van der Waals surface area contributed by atoms with Crippen molar-refractivity contribution < 1.29 is 0 Å². The molecule has 0 radical (unpaired) electrons. The van der Waals surface area contributed by atoms with E-state index in [1.165, 1.54) is 11.8 Å². The van der Waals surface area contributed by atoms with E-state index in [4.69, 9.17) is 5.73 Å². The first kappa shape index (κ1) is 13.1. The minimum atomic E-state index is 0.684. The first-order valence-electron chi connectivity index (χ1n) is 4.57. The maximum absolute atomic E-state index is 5.78. The topological polar surface area (TPSA) is 64.7 Å². The number of thioether (sulfide) groups is 1. The van der Waals surface area contributed by atoms with E-state index in [9.17, 15) is 0 Å². The molecule has 2 N–H and O–H groups in total. The number of pyridine rings is 1. The molecule has 2 aromatic rings. The molecule has 0 aliphatic heterocycles. The van der Waals surface area contributed by atoms with Gasteiger partial charge in [0.25, 0.3) is 0 Å². The zero-order valence-corrected chi connectivity index (χ0v) is 13.1. The van der Waals surface area contributed by atoms with Gasteiger partial charge >= 0.3 is 0 Å². The van der Waals surface area contributed by atoms with Crippen LogP contribution in [0.4, 0.5) is 5.69 Å². The van der Waals surface area contributed by atoms with Crippen molar-refractivity contribution >= 4 is 56.5 Å². The smallest absolute Gasteiger partial charge is 0.181 e.